The van der Waals surface area contributed by atoms with Crippen molar-refractivity contribution in [2.24, 2.45) is 0 Å². The van der Waals surface area contributed by atoms with E-state index in [0.717, 1.165) is 55.7 Å². The second-order valence-corrected chi connectivity index (χ2v) is 18.6. The summed E-state index contributed by atoms with van der Waals surface area (Å²) in [6.07, 6.45) is 0. The largest absolute Gasteiger partial charge is 0.308 e. The number of benzene rings is 11. The van der Waals surface area contributed by atoms with Crippen LogP contribution in [0, 0.1) is 0 Å². The summed E-state index contributed by atoms with van der Waals surface area (Å²) in [4.78, 5) is 16.3. The molecule has 3 heterocycles. The quantitative estimate of drug-likeness (QED) is 0.167. The van der Waals surface area contributed by atoms with Gasteiger partial charge in [-0.25, -0.2) is 15.0 Å². The minimum Gasteiger partial charge on any atom is -0.308 e. The second-order valence-electron chi connectivity index (χ2n) is 17.6. The number of hydrogen-bond donors (Lipinski definition) is 0. The summed E-state index contributed by atoms with van der Waals surface area (Å²) in [6, 6.07) is 82.9. The predicted octanol–water partition coefficient (Wildman–Crippen LogP) is 17.1. The third-order valence-electron chi connectivity index (χ3n) is 13.6. The Hall–Kier alpha value is -8.77. The van der Waals surface area contributed by atoms with E-state index in [2.05, 4.69) is 235 Å². The lowest BCUT2D eigenvalue weighted by molar-refractivity contribution is 1.07. The molecule has 0 fully saturated rings. The molecule has 68 heavy (non-hydrogen) atoms. The summed E-state index contributed by atoms with van der Waals surface area (Å²) in [5.74, 6) is 1.83. The zero-order valence-corrected chi connectivity index (χ0v) is 37.5. The molecule has 14 rings (SSSR count). The normalized spacial score (nSPS) is 11.8. The molecule has 0 unspecified atom stereocenters. The molecule has 3 aromatic heterocycles. The highest BCUT2D eigenvalue weighted by molar-refractivity contribution is 7.26. The standard InChI is InChI=1S/C63H38N4S/c1-3-14-39(15-4-1)41-26-28-43(29-27-41)61-64-62(49-24-13-23-44(34-49)40-16-5-2-6-17-40)66-63(65-61)51-31-33-56-59(53-36-46-20-8-10-22-48(46)38-57(53)68-56)60(51)67-54-32-30-42-18-11-12-25-50(42)58(54)52-35-45-19-7-9-21-47(45)37-55(52)67/h1-38H. The van der Waals surface area contributed by atoms with Gasteiger partial charge in [0.05, 0.1) is 16.7 Å². The first-order chi connectivity index (χ1) is 33.7. The minimum atomic E-state index is 0.607. The average Bonchev–Trinajstić information content (AvgIpc) is 3.94. The van der Waals surface area contributed by atoms with E-state index in [4.69, 9.17) is 15.0 Å². The Morgan fingerprint density at radius 2 is 0.838 bits per heavy atom. The average molecular weight is 883 g/mol. The first-order valence-corrected chi connectivity index (χ1v) is 23.8. The zero-order chi connectivity index (χ0) is 44.7. The van der Waals surface area contributed by atoms with E-state index in [9.17, 15) is 0 Å². The number of rotatable bonds is 6. The van der Waals surface area contributed by atoms with Gasteiger partial charge in [-0.15, -0.1) is 11.3 Å². The Morgan fingerprint density at radius 3 is 1.57 bits per heavy atom. The van der Waals surface area contributed by atoms with Crippen molar-refractivity contribution in [1.29, 1.82) is 0 Å². The maximum absolute atomic E-state index is 5.52. The van der Waals surface area contributed by atoms with Crippen LogP contribution in [0.5, 0.6) is 0 Å². The third kappa shape index (κ3) is 6.24. The van der Waals surface area contributed by atoms with Gasteiger partial charge in [0.15, 0.2) is 17.5 Å². The van der Waals surface area contributed by atoms with Gasteiger partial charge in [0.1, 0.15) is 0 Å². The molecule has 0 aliphatic rings. The van der Waals surface area contributed by atoms with Crippen molar-refractivity contribution in [3.8, 4) is 62.1 Å². The van der Waals surface area contributed by atoms with Crippen molar-refractivity contribution in [2.45, 2.75) is 0 Å². The number of aromatic nitrogens is 4. The highest BCUT2D eigenvalue weighted by Gasteiger charge is 2.25. The van der Waals surface area contributed by atoms with Crippen molar-refractivity contribution < 1.29 is 0 Å². The maximum atomic E-state index is 5.52. The van der Waals surface area contributed by atoms with Crippen LogP contribution < -0.4 is 0 Å². The number of fused-ring (bicyclic) bond motifs is 10. The fraction of sp³-hybridized carbons (Fsp3) is 0. The Bertz CT molecular complexity index is 4300. The molecular weight excluding hydrogens is 845 g/mol. The summed E-state index contributed by atoms with van der Waals surface area (Å²) in [5, 5.41) is 12.1. The summed E-state index contributed by atoms with van der Waals surface area (Å²) in [7, 11) is 0. The molecule has 0 spiro atoms. The Labute approximate surface area is 395 Å². The van der Waals surface area contributed by atoms with Crippen LogP contribution in [0.25, 0.3) is 136 Å². The molecule has 4 nitrogen and oxygen atoms in total. The molecule has 0 amide bonds. The lowest BCUT2D eigenvalue weighted by Gasteiger charge is -2.17. The molecule has 5 heteroatoms. The molecule has 0 atom stereocenters. The molecule has 0 saturated carbocycles. The third-order valence-corrected chi connectivity index (χ3v) is 14.7. The van der Waals surface area contributed by atoms with E-state index < -0.39 is 0 Å². The number of thiophene rings is 1. The summed E-state index contributed by atoms with van der Waals surface area (Å²) < 4.78 is 4.95. The van der Waals surface area contributed by atoms with Crippen LogP contribution in [-0.4, -0.2) is 19.5 Å². The van der Waals surface area contributed by atoms with Crippen LogP contribution in [0.15, 0.2) is 231 Å². The summed E-state index contributed by atoms with van der Waals surface area (Å²) in [5.41, 5.74) is 10.6. The van der Waals surface area contributed by atoms with E-state index in [-0.39, 0.29) is 0 Å². The van der Waals surface area contributed by atoms with Gasteiger partial charge in [0.2, 0.25) is 0 Å². The summed E-state index contributed by atoms with van der Waals surface area (Å²) in [6.45, 7) is 0. The first-order valence-electron chi connectivity index (χ1n) is 23.0. The van der Waals surface area contributed by atoms with E-state index in [1.54, 1.807) is 0 Å². The van der Waals surface area contributed by atoms with Gasteiger partial charge in [-0.3, -0.25) is 0 Å². The number of hydrogen-bond acceptors (Lipinski definition) is 4. The SMILES string of the molecule is c1ccc(-c2ccc(-c3nc(-c4cccc(-c5ccccc5)c4)nc(-c4ccc5sc6cc7ccccc7cc6c5c4-n4c5cc6ccccc6cc5c5c6ccccc6ccc54)n3)cc2)cc1. The van der Waals surface area contributed by atoms with Crippen LogP contribution in [0.2, 0.25) is 0 Å². The monoisotopic (exact) mass is 882 g/mol. The zero-order valence-electron chi connectivity index (χ0n) is 36.6. The molecule has 0 N–H and O–H groups in total. The van der Waals surface area contributed by atoms with Gasteiger partial charge in [0, 0.05) is 47.6 Å². The molecule has 316 valence electrons. The molecule has 14 aromatic rings. The van der Waals surface area contributed by atoms with Gasteiger partial charge in [-0.1, -0.05) is 182 Å². The molecular formula is C63H38N4S. The lowest BCUT2D eigenvalue weighted by Crippen LogP contribution is -2.04. The van der Waals surface area contributed by atoms with Gasteiger partial charge in [0.25, 0.3) is 0 Å². The van der Waals surface area contributed by atoms with Gasteiger partial charge in [-0.2, -0.15) is 0 Å². The Balaban J connectivity index is 1.11. The van der Waals surface area contributed by atoms with E-state index in [0.29, 0.717) is 17.5 Å². The highest BCUT2D eigenvalue weighted by atomic mass is 32.1. The molecule has 11 aromatic carbocycles. The van der Waals surface area contributed by atoms with Crippen molar-refractivity contribution in [2.75, 3.05) is 0 Å². The van der Waals surface area contributed by atoms with Crippen molar-refractivity contribution in [1.82, 2.24) is 19.5 Å². The van der Waals surface area contributed by atoms with Gasteiger partial charge in [-0.05, 0) is 103 Å². The van der Waals surface area contributed by atoms with Crippen LogP contribution in [0.4, 0.5) is 0 Å². The predicted molar refractivity (Wildman–Crippen MR) is 287 cm³/mol. The van der Waals surface area contributed by atoms with Gasteiger partial charge >= 0.3 is 0 Å². The molecule has 0 aliphatic heterocycles. The topological polar surface area (TPSA) is 43.6 Å². The van der Waals surface area contributed by atoms with Gasteiger partial charge < -0.3 is 4.57 Å². The minimum absolute atomic E-state index is 0.607. The van der Waals surface area contributed by atoms with Crippen molar-refractivity contribution in [3.05, 3.63) is 231 Å². The van der Waals surface area contributed by atoms with Crippen molar-refractivity contribution >= 4 is 85.6 Å². The summed E-state index contributed by atoms with van der Waals surface area (Å²) >= 11 is 1.84. The smallest absolute Gasteiger partial charge is 0.166 e. The van der Waals surface area contributed by atoms with Crippen LogP contribution in [-0.2, 0) is 0 Å². The fourth-order valence-corrected chi connectivity index (χ4v) is 11.5. The van der Waals surface area contributed by atoms with E-state index in [1.165, 1.54) is 63.3 Å². The number of nitrogens with zero attached hydrogens (tertiary/aromatic N) is 4. The van der Waals surface area contributed by atoms with Crippen molar-refractivity contribution in [3.63, 3.8) is 0 Å². The molecule has 0 saturated heterocycles. The van der Waals surface area contributed by atoms with E-state index in [1.807, 2.05) is 11.3 Å². The van der Waals surface area contributed by atoms with Crippen LogP contribution in [0.1, 0.15) is 0 Å². The highest BCUT2D eigenvalue weighted by Crippen LogP contribution is 2.47. The lowest BCUT2D eigenvalue weighted by atomic mass is 10.0. The Kier molecular flexibility index (Phi) is 8.73. The van der Waals surface area contributed by atoms with E-state index >= 15 is 0 Å². The molecule has 0 radical (unpaired) electrons. The van der Waals surface area contributed by atoms with Crippen LogP contribution >= 0.6 is 11.3 Å². The second kappa shape index (κ2) is 15.4. The maximum Gasteiger partial charge on any atom is 0.166 e. The molecule has 0 bridgehead atoms. The molecule has 0 aliphatic carbocycles. The first kappa shape index (κ1) is 38.5. The fourth-order valence-electron chi connectivity index (χ4n) is 10.3. The van der Waals surface area contributed by atoms with Crippen LogP contribution in [0.3, 0.4) is 0 Å². The Morgan fingerprint density at radius 1 is 0.294 bits per heavy atom.